The predicted molar refractivity (Wildman–Crippen MR) is 68.5 cm³/mol. The fourth-order valence-electron chi connectivity index (χ4n) is 3.12. The topological polar surface area (TPSA) is 32.5 Å². The molecule has 0 amide bonds. The zero-order chi connectivity index (χ0) is 11.5. The van der Waals surface area contributed by atoms with Crippen LogP contribution in [0.15, 0.2) is 0 Å². The minimum absolute atomic E-state index is 0.435. The zero-order valence-electron chi connectivity index (χ0n) is 10.9. The Morgan fingerprint density at radius 2 is 1.88 bits per heavy atom. The second kappa shape index (κ2) is 5.48. The second-order valence-corrected chi connectivity index (χ2v) is 5.81. The molecular weight excluding hydrogens is 198 g/mol. The van der Waals surface area contributed by atoms with Gasteiger partial charge in [0.2, 0.25) is 0 Å². The minimum atomic E-state index is 0.435. The summed E-state index contributed by atoms with van der Waals surface area (Å²) in [5, 5.41) is 0. The van der Waals surface area contributed by atoms with Gasteiger partial charge in [0.25, 0.3) is 0 Å². The number of likely N-dealkylation sites (tertiary alicyclic amines) is 2. The molecule has 2 rings (SSSR count). The Hall–Kier alpha value is -0.120. The van der Waals surface area contributed by atoms with Crippen LogP contribution in [-0.4, -0.2) is 55.1 Å². The summed E-state index contributed by atoms with van der Waals surface area (Å²) in [5.74, 6) is 0.676. The highest BCUT2D eigenvalue weighted by molar-refractivity contribution is 4.85. The van der Waals surface area contributed by atoms with Gasteiger partial charge >= 0.3 is 0 Å². The van der Waals surface area contributed by atoms with Gasteiger partial charge in [-0.1, -0.05) is 6.92 Å². The summed E-state index contributed by atoms with van der Waals surface area (Å²) in [6.45, 7) is 7.29. The predicted octanol–water partition coefficient (Wildman–Crippen LogP) is 1.14. The van der Waals surface area contributed by atoms with Crippen LogP contribution < -0.4 is 5.73 Å². The van der Waals surface area contributed by atoms with Crippen molar-refractivity contribution in [1.82, 2.24) is 9.80 Å². The van der Waals surface area contributed by atoms with Crippen LogP contribution in [0.25, 0.3) is 0 Å². The van der Waals surface area contributed by atoms with Gasteiger partial charge in [-0.2, -0.15) is 0 Å². The first-order chi connectivity index (χ1) is 7.66. The summed E-state index contributed by atoms with van der Waals surface area (Å²) in [5.41, 5.74) is 6.09. The van der Waals surface area contributed by atoms with E-state index in [2.05, 4.69) is 23.8 Å². The van der Waals surface area contributed by atoms with Crippen molar-refractivity contribution in [3.63, 3.8) is 0 Å². The third-order valence-electron chi connectivity index (χ3n) is 4.44. The zero-order valence-corrected chi connectivity index (χ0v) is 10.9. The maximum atomic E-state index is 6.09. The maximum absolute atomic E-state index is 6.09. The largest absolute Gasteiger partial charge is 0.327 e. The van der Waals surface area contributed by atoms with Crippen LogP contribution >= 0.6 is 0 Å². The molecule has 0 saturated carbocycles. The minimum Gasteiger partial charge on any atom is -0.327 e. The molecule has 3 nitrogen and oxygen atoms in total. The average Bonchev–Trinajstić information content (AvgIpc) is 2.47. The molecule has 2 aliphatic heterocycles. The van der Waals surface area contributed by atoms with Crippen LogP contribution in [0.3, 0.4) is 0 Å². The molecule has 2 aliphatic rings. The average molecular weight is 225 g/mol. The van der Waals surface area contributed by atoms with Crippen LogP contribution in [0.1, 0.15) is 32.6 Å². The molecule has 16 heavy (non-hydrogen) atoms. The van der Waals surface area contributed by atoms with E-state index >= 15 is 0 Å². The van der Waals surface area contributed by atoms with Gasteiger partial charge in [-0.15, -0.1) is 0 Å². The van der Waals surface area contributed by atoms with E-state index in [9.17, 15) is 0 Å². The molecule has 0 aromatic rings. The van der Waals surface area contributed by atoms with E-state index in [1.54, 1.807) is 0 Å². The first-order valence-corrected chi connectivity index (χ1v) is 6.85. The van der Waals surface area contributed by atoms with Crippen molar-refractivity contribution in [2.75, 3.05) is 33.2 Å². The smallest absolute Gasteiger partial charge is 0.0108 e. The highest BCUT2D eigenvalue weighted by Gasteiger charge is 2.28. The Balaban J connectivity index is 1.87. The van der Waals surface area contributed by atoms with Gasteiger partial charge in [0, 0.05) is 18.6 Å². The summed E-state index contributed by atoms with van der Waals surface area (Å²) < 4.78 is 0. The van der Waals surface area contributed by atoms with Gasteiger partial charge in [-0.05, 0) is 58.3 Å². The molecule has 2 heterocycles. The normalized spacial score (nSPS) is 39.6. The highest BCUT2D eigenvalue weighted by atomic mass is 15.2. The van der Waals surface area contributed by atoms with Crippen LogP contribution in [0.2, 0.25) is 0 Å². The monoisotopic (exact) mass is 225 g/mol. The molecule has 0 radical (unpaired) electrons. The highest BCUT2D eigenvalue weighted by Crippen LogP contribution is 2.22. The molecule has 0 spiro atoms. The van der Waals surface area contributed by atoms with Gasteiger partial charge in [0.1, 0.15) is 0 Å². The number of hydrogen-bond donors (Lipinski definition) is 1. The molecule has 0 aromatic carbocycles. The van der Waals surface area contributed by atoms with Gasteiger partial charge in [-0.3, -0.25) is 4.90 Å². The Morgan fingerprint density at radius 1 is 1.06 bits per heavy atom. The van der Waals surface area contributed by atoms with E-state index in [1.807, 2.05) is 0 Å². The summed E-state index contributed by atoms with van der Waals surface area (Å²) in [6, 6.07) is 1.25. The van der Waals surface area contributed by atoms with Crippen molar-refractivity contribution >= 4 is 0 Å². The molecule has 2 fully saturated rings. The number of hydrogen-bond acceptors (Lipinski definition) is 3. The standard InChI is InChI=1S/C13H27N3/c1-11-10-16(9-6-13(11)14)12-4-3-7-15(2)8-5-12/h11-13H,3-10,14H2,1-2H3. The van der Waals surface area contributed by atoms with E-state index < -0.39 is 0 Å². The lowest BCUT2D eigenvalue weighted by atomic mass is 9.92. The lowest BCUT2D eigenvalue weighted by Gasteiger charge is -2.39. The summed E-state index contributed by atoms with van der Waals surface area (Å²) in [6.07, 6.45) is 5.27. The van der Waals surface area contributed by atoms with Gasteiger partial charge < -0.3 is 10.6 Å². The van der Waals surface area contributed by atoms with E-state index in [0.29, 0.717) is 12.0 Å². The first kappa shape index (κ1) is 12.3. The van der Waals surface area contributed by atoms with E-state index in [1.165, 1.54) is 51.9 Å². The first-order valence-electron chi connectivity index (χ1n) is 6.85. The Labute approximate surface area is 100.0 Å². The van der Waals surface area contributed by atoms with Crippen LogP contribution in [0.5, 0.6) is 0 Å². The quantitative estimate of drug-likeness (QED) is 0.726. The SMILES string of the molecule is CC1CN(C2CCCN(C)CC2)CCC1N. The van der Waals surface area contributed by atoms with Crippen LogP contribution in [0, 0.1) is 5.92 Å². The molecule has 3 atom stereocenters. The summed E-state index contributed by atoms with van der Waals surface area (Å²) in [4.78, 5) is 5.17. The second-order valence-electron chi connectivity index (χ2n) is 5.81. The van der Waals surface area contributed by atoms with E-state index in [0.717, 1.165) is 6.04 Å². The van der Waals surface area contributed by atoms with Crippen molar-refractivity contribution in [3.05, 3.63) is 0 Å². The molecule has 0 aromatic heterocycles. The molecular formula is C13H27N3. The fraction of sp³-hybridized carbons (Fsp3) is 1.00. The van der Waals surface area contributed by atoms with Crippen LogP contribution in [-0.2, 0) is 0 Å². The number of nitrogens with zero attached hydrogens (tertiary/aromatic N) is 2. The summed E-state index contributed by atoms with van der Waals surface area (Å²) in [7, 11) is 2.25. The van der Waals surface area contributed by atoms with Crippen molar-refractivity contribution in [1.29, 1.82) is 0 Å². The number of rotatable bonds is 1. The molecule has 3 unspecified atom stereocenters. The molecule has 0 bridgehead atoms. The molecule has 0 aliphatic carbocycles. The van der Waals surface area contributed by atoms with Gasteiger partial charge in [0.05, 0.1) is 0 Å². The number of piperidine rings is 1. The van der Waals surface area contributed by atoms with Gasteiger partial charge in [-0.25, -0.2) is 0 Å². The molecule has 94 valence electrons. The Bertz CT molecular complexity index is 217. The Kier molecular flexibility index (Phi) is 4.22. The third-order valence-corrected chi connectivity index (χ3v) is 4.44. The van der Waals surface area contributed by atoms with Gasteiger partial charge in [0.15, 0.2) is 0 Å². The van der Waals surface area contributed by atoms with Crippen molar-refractivity contribution in [3.8, 4) is 0 Å². The Morgan fingerprint density at radius 3 is 2.62 bits per heavy atom. The lowest BCUT2D eigenvalue weighted by molar-refractivity contribution is 0.106. The number of nitrogens with two attached hydrogens (primary N) is 1. The molecule has 2 N–H and O–H groups in total. The van der Waals surface area contributed by atoms with Crippen LogP contribution in [0.4, 0.5) is 0 Å². The molecule has 3 heteroatoms. The summed E-state index contributed by atoms with van der Waals surface area (Å²) >= 11 is 0. The van der Waals surface area contributed by atoms with E-state index in [4.69, 9.17) is 5.73 Å². The fourth-order valence-corrected chi connectivity index (χ4v) is 3.12. The third kappa shape index (κ3) is 2.96. The van der Waals surface area contributed by atoms with Crippen molar-refractivity contribution in [2.24, 2.45) is 11.7 Å². The van der Waals surface area contributed by atoms with Crippen molar-refractivity contribution in [2.45, 2.75) is 44.7 Å². The molecule has 2 saturated heterocycles. The lowest BCUT2D eigenvalue weighted by Crippen LogP contribution is -2.49. The van der Waals surface area contributed by atoms with Crippen molar-refractivity contribution < 1.29 is 0 Å². The maximum Gasteiger partial charge on any atom is 0.0108 e. The van der Waals surface area contributed by atoms with E-state index in [-0.39, 0.29) is 0 Å².